The van der Waals surface area contributed by atoms with Gasteiger partial charge < -0.3 is 10.6 Å². The van der Waals surface area contributed by atoms with Crippen molar-refractivity contribution in [2.24, 2.45) is 5.73 Å². The van der Waals surface area contributed by atoms with Crippen LogP contribution < -0.4 is 5.73 Å². The van der Waals surface area contributed by atoms with E-state index in [1.54, 1.807) is 0 Å². The molecule has 3 heteroatoms. The monoisotopic (exact) mass is 199 g/mol. The second-order valence-corrected chi connectivity index (χ2v) is 4.80. The van der Waals surface area contributed by atoms with Gasteiger partial charge in [-0.1, -0.05) is 0 Å². The average molecular weight is 199 g/mol. The van der Waals surface area contributed by atoms with E-state index in [4.69, 9.17) is 5.73 Å². The molecule has 3 atom stereocenters. The molecule has 1 aliphatic rings. The Kier molecular flexibility index (Phi) is 4.35. The fourth-order valence-corrected chi connectivity index (χ4v) is 2.30. The first-order valence-electron chi connectivity index (χ1n) is 5.72. The molecule has 1 rings (SSSR count). The molecule has 0 aliphatic carbocycles. The van der Waals surface area contributed by atoms with Gasteiger partial charge in [-0.2, -0.15) is 0 Å². The highest BCUT2D eigenvalue weighted by molar-refractivity contribution is 4.83. The van der Waals surface area contributed by atoms with Crippen LogP contribution in [-0.2, 0) is 0 Å². The van der Waals surface area contributed by atoms with Crippen molar-refractivity contribution in [3.05, 3.63) is 0 Å². The molecule has 0 aromatic heterocycles. The number of nitrogens with zero attached hydrogens (tertiary/aromatic N) is 2. The average Bonchev–Trinajstić information content (AvgIpc) is 2.25. The zero-order valence-electron chi connectivity index (χ0n) is 10.0. The van der Waals surface area contributed by atoms with Crippen LogP contribution in [0.4, 0.5) is 0 Å². The minimum absolute atomic E-state index is 0.265. The van der Waals surface area contributed by atoms with Crippen LogP contribution in [0.15, 0.2) is 0 Å². The van der Waals surface area contributed by atoms with Gasteiger partial charge in [0.25, 0.3) is 0 Å². The van der Waals surface area contributed by atoms with Gasteiger partial charge in [0.2, 0.25) is 0 Å². The first-order valence-corrected chi connectivity index (χ1v) is 5.72. The normalized spacial score (nSPS) is 31.1. The van der Waals surface area contributed by atoms with Gasteiger partial charge in [0.05, 0.1) is 0 Å². The minimum atomic E-state index is 0.265. The molecule has 0 amide bonds. The van der Waals surface area contributed by atoms with Crippen LogP contribution in [0.5, 0.6) is 0 Å². The first-order chi connectivity index (χ1) is 6.52. The lowest BCUT2D eigenvalue weighted by Crippen LogP contribution is -2.50. The molecular weight excluding hydrogens is 174 g/mol. The van der Waals surface area contributed by atoms with E-state index < -0.39 is 0 Å². The Bertz CT molecular complexity index is 170. The summed E-state index contributed by atoms with van der Waals surface area (Å²) in [6.07, 6.45) is 1.26. The summed E-state index contributed by atoms with van der Waals surface area (Å²) in [6, 6.07) is 1.39. The Hall–Kier alpha value is -0.120. The summed E-state index contributed by atoms with van der Waals surface area (Å²) in [4.78, 5) is 4.97. The van der Waals surface area contributed by atoms with Crippen LogP contribution in [0.3, 0.4) is 0 Å². The summed E-state index contributed by atoms with van der Waals surface area (Å²) >= 11 is 0. The Labute approximate surface area is 88.2 Å². The molecule has 0 saturated carbocycles. The van der Waals surface area contributed by atoms with Crippen molar-refractivity contribution in [3.63, 3.8) is 0 Å². The third kappa shape index (κ3) is 2.94. The van der Waals surface area contributed by atoms with E-state index in [2.05, 4.69) is 37.6 Å². The van der Waals surface area contributed by atoms with Crippen molar-refractivity contribution in [1.29, 1.82) is 0 Å². The van der Waals surface area contributed by atoms with Crippen LogP contribution in [0.1, 0.15) is 27.2 Å². The standard InChI is InChI=1S/C11H25N3/c1-9-8-13(4)6-5-7-14(9)11(3)10(2)12/h9-11H,5-8,12H2,1-4H3. The lowest BCUT2D eigenvalue weighted by molar-refractivity contribution is 0.138. The highest BCUT2D eigenvalue weighted by Gasteiger charge is 2.25. The Balaban J connectivity index is 2.58. The SMILES string of the molecule is CC(N)C(C)N1CCCN(C)CC1C. The molecule has 0 spiro atoms. The highest BCUT2D eigenvalue weighted by atomic mass is 15.3. The fraction of sp³-hybridized carbons (Fsp3) is 1.00. The summed E-state index contributed by atoms with van der Waals surface area (Å²) in [5.41, 5.74) is 5.96. The first kappa shape index (κ1) is 12.0. The summed E-state index contributed by atoms with van der Waals surface area (Å²) in [5.74, 6) is 0. The lowest BCUT2D eigenvalue weighted by Gasteiger charge is -2.35. The van der Waals surface area contributed by atoms with Crippen molar-refractivity contribution in [2.75, 3.05) is 26.7 Å². The van der Waals surface area contributed by atoms with E-state index in [-0.39, 0.29) is 6.04 Å². The summed E-state index contributed by atoms with van der Waals surface area (Å²) in [5, 5.41) is 0. The van der Waals surface area contributed by atoms with E-state index in [0.717, 1.165) is 6.54 Å². The predicted molar refractivity (Wildman–Crippen MR) is 61.4 cm³/mol. The van der Waals surface area contributed by atoms with E-state index in [1.807, 2.05) is 0 Å². The zero-order valence-corrected chi connectivity index (χ0v) is 10.0. The molecule has 14 heavy (non-hydrogen) atoms. The molecule has 1 aliphatic heterocycles. The molecule has 3 unspecified atom stereocenters. The molecule has 3 nitrogen and oxygen atoms in total. The van der Waals surface area contributed by atoms with Crippen molar-refractivity contribution in [1.82, 2.24) is 9.80 Å². The third-order valence-electron chi connectivity index (χ3n) is 3.38. The number of likely N-dealkylation sites (N-methyl/N-ethyl adjacent to an activating group) is 1. The van der Waals surface area contributed by atoms with Gasteiger partial charge in [0.1, 0.15) is 0 Å². The van der Waals surface area contributed by atoms with Gasteiger partial charge in [-0.25, -0.2) is 0 Å². The number of hydrogen-bond acceptors (Lipinski definition) is 3. The van der Waals surface area contributed by atoms with Crippen LogP contribution in [0.2, 0.25) is 0 Å². The van der Waals surface area contributed by atoms with Crippen molar-refractivity contribution in [3.8, 4) is 0 Å². The van der Waals surface area contributed by atoms with E-state index in [9.17, 15) is 0 Å². The second kappa shape index (κ2) is 5.10. The van der Waals surface area contributed by atoms with Gasteiger partial charge in [0, 0.05) is 31.2 Å². The van der Waals surface area contributed by atoms with Crippen LogP contribution in [-0.4, -0.2) is 54.6 Å². The highest BCUT2D eigenvalue weighted by Crippen LogP contribution is 2.13. The molecular formula is C11H25N3. The van der Waals surface area contributed by atoms with Crippen molar-refractivity contribution < 1.29 is 0 Å². The summed E-state index contributed by atoms with van der Waals surface area (Å²) in [7, 11) is 2.20. The van der Waals surface area contributed by atoms with Crippen LogP contribution in [0.25, 0.3) is 0 Å². The van der Waals surface area contributed by atoms with Crippen LogP contribution in [0, 0.1) is 0 Å². The molecule has 84 valence electrons. The summed E-state index contributed by atoms with van der Waals surface area (Å²) < 4.78 is 0. The van der Waals surface area contributed by atoms with Crippen molar-refractivity contribution in [2.45, 2.75) is 45.3 Å². The van der Waals surface area contributed by atoms with Gasteiger partial charge in [-0.05, 0) is 40.8 Å². The Morgan fingerprint density at radius 1 is 1.29 bits per heavy atom. The smallest absolute Gasteiger partial charge is 0.0219 e. The molecule has 0 bridgehead atoms. The third-order valence-corrected chi connectivity index (χ3v) is 3.38. The summed E-state index contributed by atoms with van der Waals surface area (Å²) in [6.45, 7) is 10.2. The topological polar surface area (TPSA) is 32.5 Å². The van der Waals surface area contributed by atoms with E-state index >= 15 is 0 Å². The number of hydrogen-bond donors (Lipinski definition) is 1. The largest absolute Gasteiger partial charge is 0.327 e. The maximum absolute atomic E-state index is 5.96. The second-order valence-electron chi connectivity index (χ2n) is 4.80. The Morgan fingerprint density at radius 3 is 2.50 bits per heavy atom. The van der Waals surface area contributed by atoms with Gasteiger partial charge in [-0.3, -0.25) is 4.90 Å². The quantitative estimate of drug-likeness (QED) is 0.712. The fourth-order valence-electron chi connectivity index (χ4n) is 2.30. The lowest BCUT2D eigenvalue weighted by atomic mass is 10.1. The molecule has 1 saturated heterocycles. The van der Waals surface area contributed by atoms with E-state index in [1.165, 1.54) is 19.5 Å². The molecule has 0 aromatic carbocycles. The number of rotatable bonds is 2. The van der Waals surface area contributed by atoms with Gasteiger partial charge >= 0.3 is 0 Å². The maximum Gasteiger partial charge on any atom is 0.0219 e. The molecule has 0 aromatic rings. The predicted octanol–water partition coefficient (Wildman–Crippen LogP) is 0.748. The van der Waals surface area contributed by atoms with Gasteiger partial charge in [-0.15, -0.1) is 0 Å². The van der Waals surface area contributed by atoms with Gasteiger partial charge in [0.15, 0.2) is 0 Å². The molecule has 1 fully saturated rings. The number of nitrogens with two attached hydrogens (primary N) is 1. The van der Waals surface area contributed by atoms with E-state index in [0.29, 0.717) is 12.1 Å². The molecule has 0 radical (unpaired) electrons. The minimum Gasteiger partial charge on any atom is -0.327 e. The van der Waals surface area contributed by atoms with Crippen molar-refractivity contribution >= 4 is 0 Å². The molecule has 2 N–H and O–H groups in total. The van der Waals surface area contributed by atoms with Crippen LogP contribution >= 0.6 is 0 Å². The Morgan fingerprint density at radius 2 is 1.93 bits per heavy atom. The maximum atomic E-state index is 5.96. The zero-order chi connectivity index (χ0) is 10.7. The molecule has 1 heterocycles.